The lowest BCUT2D eigenvalue weighted by atomic mass is 9.87. The molecule has 118 valence electrons. The largest absolute Gasteiger partial charge is 0.349 e. The number of carbonyl (C=O) groups is 2. The SMILES string of the molecule is CC1CCC(NC(=O)c2ccc3c(c2)NC(=O)C(C)S3)CC1. The summed E-state index contributed by atoms with van der Waals surface area (Å²) in [6.45, 7) is 4.15. The Hall–Kier alpha value is -1.49. The van der Waals surface area contributed by atoms with Crippen LogP contribution in [-0.2, 0) is 4.79 Å². The summed E-state index contributed by atoms with van der Waals surface area (Å²) in [7, 11) is 0. The fourth-order valence-corrected chi connectivity index (χ4v) is 3.95. The molecule has 0 bridgehead atoms. The van der Waals surface area contributed by atoms with Gasteiger partial charge in [-0.2, -0.15) is 0 Å². The van der Waals surface area contributed by atoms with E-state index < -0.39 is 0 Å². The monoisotopic (exact) mass is 318 g/mol. The minimum atomic E-state index is -0.0867. The molecule has 1 aromatic carbocycles. The van der Waals surface area contributed by atoms with E-state index in [4.69, 9.17) is 0 Å². The van der Waals surface area contributed by atoms with Crippen molar-refractivity contribution in [1.29, 1.82) is 0 Å². The number of benzene rings is 1. The Balaban J connectivity index is 1.68. The van der Waals surface area contributed by atoms with Gasteiger partial charge in [-0.05, 0) is 56.7 Å². The number of carbonyl (C=O) groups excluding carboxylic acids is 2. The molecule has 1 aromatic rings. The van der Waals surface area contributed by atoms with Crippen molar-refractivity contribution in [2.45, 2.75) is 55.7 Å². The van der Waals surface area contributed by atoms with Gasteiger partial charge >= 0.3 is 0 Å². The van der Waals surface area contributed by atoms with Crippen LogP contribution in [0.4, 0.5) is 5.69 Å². The van der Waals surface area contributed by atoms with E-state index in [1.807, 2.05) is 19.1 Å². The summed E-state index contributed by atoms with van der Waals surface area (Å²) in [4.78, 5) is 25.2. The van der Waals surface area contributed by atoms with Crippen molar-refractivity contribution >= 4 is 29.3 Å². The predicted octanol–water partition coefficient (Wildman–Crippen LogP) is 3.43. The van der Waals surface area contributed by atoms with Gasteiger partial charge in [0.1, 0.15) is 0 Å². The van der Waals surface area contributed by atoms with Crippen LogP contribution in [0.2, 0.25) is 0 Å². The van der Waals surface area contributed by atoms with Crippen molar-refractivity contribution in [2.24, 2.45) is 5.92 Å². The molecular formula is C17H22N2O2S. The van der Waals surface area contributed by atoms with Crippen LogP contribution in [0.15, 0.2) is 23.1 Å². The van der Waals surface area contributed by atoms with Crippen LogP contribution < -0.4 is 10.6 Å². The molecule has 2 amide bonds. The highest BCUT2D eigenvalue weighted by atomic mass is 32.2. The average molecular weight is 318 g/mol. The lowest BCUT2D eigenvalue weighted by Crippen LogP contribution is -2.37. The molecule has 2 N–H and O–H groups in total. The third-order valence-electron chi connectivity index (χ3n) is 4.52. The molecule has 1 heterocycles. The van der Waals surface area contributed by atoms with Crippen LogP contribution in [0.3, 0.4) is 0 Å². The quantitative estimate of drug-likeness (QED) is 0.878. The maximum atomic E-state index is 12.4. The van der Waals surface area contributed by atoms with Gasteiger partial charge in [-0.1, -0.05) is 6.92 Å². The second-order valence-electron chi connectivity index (χ2n) is 6.39. The molecule has 2 aliphatic rings. The second kappa shape index (κ2) is 6.32. The first kappa shape index (κ1) is 15.4. The summed E-state index contributed by atoms with van der Waals surface area (Å²) in [5, 5.41) is 5.91. The molecular weight excluding hydrogens is 296 g/mol. The predicted molar refractivity (Wildman–Crippen MR) is 89.3 cm³/mol. The molecule has 1 aliphatic heterocycles. The normalized spacial score (nSPS) is 27.7. The van der Waals surface area contributed by atoms with Crippen LogP contribution >= 0.6 is 11.8 Å². The van der Waals surface area contributed by atoms with Crippen LogP contribution in [0.25, 0.3) is 0 Å². The molecule has 0 aromatic heterocycles. The standard InChI is InChI=1S/C17H22N2O2S/c1-10-3-6-13(7-4-10)18-17(21)12-5-8-15-14(9-12)19-16(20)11(2)22-15/h5,8-11,13H,3-4,6-7H2,1-2H3,(H,18,21)(H,19,20). The Morgan fingerprint density at radius 2 is 1.95 bits per heavy atom. The smallest absolute Gasteiger partial charge is 0.251 e. The van der Waals surface area contributed by atoms with Crippen molar-refractivity contribution in [3.63, 3.8) is 0 Å². The first-order valence-electron chi connectivity index (χ1n) is 7.95. The molecule has 3 rings (SSSR count). The third-order valence-corrected chi connectivity index (χ3v) is 5.70. The van der Waals surface area contributed by atoms with Gasteiger partial charge in [-0.25, -0.2) is 0 Å². The summed E-state index contributed by atoms with van der Waals surface area (Å²) in [6, 6.07) is 5.83. The lowest BCUT2D eigenvalue weighted by molar-refractivity contribution is -0.115. The number of thioether (sulfide) groups is 1. The maximum absolute atomic E-state index is 12.4. The van der Waals surface area contributed by atoms with Crippen molar-refractivity contribution in [1.82, 2.24) is 5.32 Å². The van der Waals surface area contributed by atoms with E-state index in [2.05, 4.69) is 17.6 Å². The van der Waals surface area contributed by atoms with Crippen molar-refractivity contribution < 1.29 is 9.59 Å². The summed E-state index contributed by atoms with van der Waals surface area (Å²) in [5.41, 5.74) is 1.37. The Morgan fingerprint density at radius 1 is 1.23 bits per heavy atom. The highest BCUT2D eigenvalue weighted by Crippen LogP contribution is 2.36. The van der Waals surface area contributed by atoms with Gasteiger partial charge in [-0.15, -0.1) is 11.8 Å². The average Bonchev–Trinajstić information content (AvgIpc) is 2.50. The van der Waals surface area contributed by atoms with E-state index >= 15 is 0 Å². The van der Waals surface area contributed by atoms with Gasteiger partial charge in [0.2, 0.25) is 5.91 Å². The highest BCUT2D eigenvalue weighted by Gasteiger charge is 2.25. The van der Waals surface area contributed by atoms with Crippen molar-refractivity contribution in [3.05, 3.63) is 23.8 Å². The van der Waals surface area contributed by atoms with Gasteiger partial charge in [-0.3, -0.25) is 9.59 Å². The third kappa shape index (κ3) is 3.29. The van der Waals surface area contributed by atoms with Crippen molar-refractivity contribution in [2.75, 3.05) is 5.32 Å². The first-order valence-corrected chi connectivity index (χ1v) is 8.83. The number of hydrogen-bond donors (Lipinski definition) is 2. The Morgan fingerprint density at radius 3 is 2.68 bits per heavy atom. The van der Waals surface area contributed by atoms with Crippen LogP contribution in [0, 0.1) is 5.92 Å². The van der Waals surface area contributed by atoms with Crippen molar-refractivity contribution in [3.8, 4) is 0 Å². The number of hydrogen-bond acceptors (Lipinski definition) is 3. The summed E-state index contributed by atoms with van der Waals surface area (Å²) in [6.07, 6.45) is 4.48. The van der Waals surface area contributed by atoms with E-state index in [9.17, 15) is 9.59 Å². The maximum Gasteiger partial charge on any atom is 0.251 e. The van der Waals surface area contributed by atoms with Gasteiger partial charge < -0.3 is 10.6 Å². The molecule has 1 unspecified atom stereocenters. The number of nitrogens with one attached hydrogen (secondary N) is 2. The number of amides is 2. The second-order valence-corrected chi connectivity index (χ2v) is 7.77. The molecule has 4 nitrogen and oxygen atoms in total. The molecule has 1 fully saturated rings. The molecule has 1 saturated carbocycles. The fourth-order valence-electron chi connectivity index (χ4n) is 3.02. The van der Waals surface area contributed by atoms with Crippen LogP contribution in [0.5, 0.6) is 0 Å². The zero-order valence-electron chi connectivity index (χ0n) is 13.0. The molecule has 0 saturated heterocycles. The summed E-state index contributed by atoms with van der Waals surface area (Å²) in [5.74, 6) is 0.725. The zero-order valence-corrected chi connectivity index (χ0v) is 13.8. The summed E-state index contributed by atoms with van der Waals surface area (Å²) < 4.78 is 0. The Kier molecular flexibility index (Phi) is 4.43. The fraction of sp³-hybridized carbons (Fsp3) is 0.529. The minimum Gasteiger partial charge on any atom is -0.349 e. The van der Waals surface area contributed by atoms with Gasteiger partial charge in [0.15, 0.2) is 0 Å². The Labute approximate surface area is 135 Å². The molecule has 1 aliphatic carbocycles. The molecule has 22 heavy (non-hydrogen) atoms. The van der Waals surface area contributed by atoms with E-state index in [1.165, 1.54) is 24.6 Å². The van der Waals surface area contributed by atoms with Gasteiger partial charge in [0, 0.05) is 16.5 Å². The highest BCUT2D eigenvalue weighted by molar-refractivity contribution is 8.00. The van der Waals surface area contributed by atoms with E-state index in [0.717, 1.165) is 29.3 Å². The van der Waals surface area contributed by atoms with E-state index in [1.54, 1.807) is 6.07 Å². The lowest BCUT2D eigenvalue weighted by Gasteiger charge is -2.27. The zero-order chi connectivity index (χ0) is 15.7. The molecule has 1 atom stereocenters. The van der Waals surface area contributed by atoms with Crippen LogP contribution in [-0.4, -0.2) is 23.1 Å². The van der Waals surface area contributed by atoms with Crippen LogP contribution in [0.1, 0.15) is 49.9 Å². The first-order chi connectivity index (χ1) is 10.5. The van der Waals surface area contributed by atoms with E-state index in [-0.39, 0.29) is 23.1 Å². The topological polar surface area (TPSA) is 58.2 Å². The molecule has 5 heteroatoms. The van der Waals surface area contributed by atoms with Gasteiger partial charge in [0.05, 0.1) is 10.9 Å². The van der Waals surface area contributed by atoms with E-state index in [0.29, 0.717) is 5.56 Å². The number of rotatable bonds is 2. The van der Waals surface area contributed by atoms with Gasteiger partial charge in [0.25, 0.3) is 5.91 Å². The number of anilines is 1. The summed E-state index contributed by atoms with van der Waals surface area (Å²) >= 11 is 1.53. The molecule has 0 spiro atoms. The minimum absolute atomic E-state index is 0.00340. The Bertz CT molecular complexity index is 594. The molecule has 0 radical (unpaired) electrons. The number of fused-ring (bicyclic) bond motifs is 1.